The molecule has 1 fully saturated rings. The molecule has 1 N–H and O–H groups in total. The molecule has 1 aliphatic heterocycles. The predicted octanol–water partition coefficient (Wildman–Crippen LogP) is 1.82. The Morgan fingerprint density at radius 2 is 2.00 bits per heavy atom. The number of hydrogen-bond acceptors (Lipinski definition) is 4. The number of carboxylic acids is 1. The van der Waals surface area contributed by atoms with E-state index in [1.54, 1.807) is 0 Å². The average molecular weight is 343 g/mol. The van der Waals surface area contributed by atoms with Crippen LogP contribution in [0.5, 0.6) is 5.75 Å². The number of amides is 1. The minimum Gasteiger partial charge on any atom is -0.481 e. The molecule has 6 nitrogen and oxygen atoms in total. The number of rotatable bonds is 6. The van der Waals surface area contributed by atoms with Gasteiger partial charge in [-0.2, -0.15) is 0 Å². The molecule has 1 aliphatic rings. The van der Waals surface area contributed by atoms with Crippen LogP contribution >= 0.6 is 0 Å². The fourth-order valence-electron chi connectivity index (χ4n) is 2.57. The number of carbonyl (C=O) groups is 2. The molecule has 0 radical (unpaired) electrons. The van der Waals surface area contributed by atoms with Gasteiger partial charge in [-0.15, -0.1) is 0 Å². The number of hydrogen-bond donors (Lipinski definition) is 1. The van der Waals surface area contributed by atoms with E-state index < -0.39 is 36.2 Å². The molecule has 1 heterocycles. The monoisotopic (exact) mass is 343 g/mol. The molecule has 1 aromatic carbocycles. The molecular formula is C16H19F2NO5. The van der Waals surface area contributed by atoms with Crippen molar-refractivity contribution in [3.8, 4) is 5.75 Å². The highest BCUT2D eigenvalue weighted by Crippen LogP contribution is 2.20. The van der Waals surface area contributed by atoms with Crippen LogP contribution in [0.3, 0.4) is 0 Å². The molecule has 0 bridgehead atoms. The van der Waals surface area contributed by atoms with Crippen LogP contribution in [0.15, 0.2) is 18.2 Å². The van der Waals surface area contributed by atoms with Gasteiger partial charge in [-0.1, -0.05) is 0 Å². The van der Waals surface area contributed by atoms with E-state index in [0.29, 0.717) is 26.1 Å². The normalized spacial score (nSPS) is 16.5. The van der Waals surface area contributed by atoms with Crippen LogP contribution in [0.25, 0.3) is 0 Å². The first kappa shape index (κ1) is 18.1. The Kier molecular flexibility index (Phi) is 6.08. The Morgan fingerprint density at radius 1 is 1.33 bits per heavy atom. The van der Waals surface area contributed by atoms with E-state index in [1.807, 2.05) is 0 Å². The van der Waals surface area contributed by atoms with Crippen molar-refractivity contribution in [2.45, 2.75) is 31.9 Å². The van der Waals surface area contributed by atoms with Gasteiger partial charge < -0.3 is 19.5 Å². The van der Waals surface area contributed by atoms with Crippen LogP contribution in [-0.4, -0.2) is 53.8 Å². The summed E-state index contributed by atoms with van der Waals surface area (Å²) in [5, 5.41) is 9.04. The summed E-state index contributed by atoms with van der Waals surface area (Å²) in [5.74, 6) is -3.75. The van der Waals surface area contributed by atoms with Gasteiger partial charge in [0.2, 0.25) is 0 Å². The van der Waals surface area contributed by atoms with Crippen molar-refractivity contribution < 1.29 is 33.0 Å². The Bertz CT molecular complexity index is 604. The maximum absolute atomic E-state index is 13.2. The van der Waals surface area contributed by atoms with Gasteiger partial charge in [0, 0.05) is 25.3 Å². The third kappa shape index (κ3) is 4.64. The summed E-state index contributed by atoms with van der Waals surface area (Å²) in [4.78, 5) is 24.9. The third-order valence-electron chi connectivity index (χ3n) is 3.77. The number of halogens is 2. The average Bonchev–Trinajstić information content (AvgIpc) is 2.56. The molecule has 1 amide bonds. The fourth-order valence-corrected chi connectivity index (χ4v) is 2.57. The molecule has 1 saturated heterocycles. The fraction of sp³-hybridized carbons (Fsp3) is 0.500. The smallest absolute Gasteiger partial charge is 0.323 e. The lowest BCUT2D eigenvalue weighted by Crippen LogP contribution is -2.50. The molecule has 132 valence electrons. The van der Waals surface area contributed by atoms with E-state index in [1.165, 1.54) is 17.9 Å². The summed E-state index contributed by atoms with van der Waals surface area (Å²) in [6.07, 6.45) is 0.0467. The molecule has 0 saturated carbocycles. The van der Waals surface area contributed by atoms with Crippen LogP contribution < -0.4 is 4.74 Å². The van der Waals surface area contributed by atoms with Gasteiger partial charge in [0.25, 0.3) is 5.91 Å². The lowest BCUT2D eigenvalue weighted by molar-refractivity contribution is -0.151. The van der Waals surface area contributed by atoms with E-state index in [9.17, 15) is 18.4 Å². The summed E-state index contributed by atoms with van der Waals surface area (Å²) >= 11 is 0. The standard InChI is InChI=1S/C16H19F2NO5/c1-10(24-12-2-3-13(17)14(18)8-12)16(22)19(9-15(20)21)11-4-6-23-7-5-11/h2-3,8,10-11H,4-7,9H2,1H3,(H,20,21). The van der Waals surface area contributed by atoms with Crippen molar-refractivity contribution >= 4 is 11.9 Å². The Labute approximate surface area is 138 Å². The summed E-state index contributed by atoms with van der Waals surface area (Å²) in [5.41, 5.74) is 0. The summed E-state index contributed by atoms with van der Waals surface area (Å²) in [6, 6.07) is 2.70. The second-order valence-corrected chi connectivity index (χ2v) is 5.54. The van der Waals surface area contributed by atoms with Gasteiger partial charge in [-0.3, -0.25) is 9.59 Å². The highest BCUT2D eigenvalue weighted by molar-refractivity contribution is 5.85. The molecule has 0 spiro atoms. The van der Waals surface area contributed by atoms with Crippen LogP contribution in [0.1, 0.15) is 19.8 Å². The van der Waals surface area contributed by atoms with E-state index >= 15 is 0 Å². The second kappa shape index (κ2) is 8.05. The largest absolute Gasteiger partial charge is 0.481 e. The SMILES string of the molecule is CC(Oc1ccc(F)c(F)c1)C(=O)N(CC(=O)O)C1CCOCC1. The number of carboxylic acid groups (broad SMARTS) is 1. The number of nitrogens with zero attached hydrogens (tertiary/aromatic N) is 1. The molecule has 1 unspecified atom stereocenters. The highest BCUT2D eigenvalue weighted by atomic mass is 19.2. The number of ether oxygens (including phenoxy) is 2. The first-order valence-electron chi connectivity index (χ1n) is 7.60. The van der Waals surface area contributed by atoms with Gasteiger partial charge in [0.05, 0.1) is 0 Å². The molecule has 8 heteroatoms. The number of carbonyl (C=O) groups excluding carboxylic acids is 1. The minimum absolute atomic E-state index is 0.00278. The molecule has 0 aromatic heterocycles. The first-order valence-corrected chi connectivity index (χ1v) is 7.60. The summed E-state index contributed by atoms with van der Waals surface area (Å²) in [7, 11) is 0. The van der Waals surface area contributed by atoms with Gasteiger partial charge in [0.15, 0.2) is 17.7 Å². The zero-order chi connectivity index (χ0) is 17.7. The van der Waals surface area contributed by atoms with Crippen molar-refractivity contribution in [1.29, 1.82) is 0 Å². The molecule has 1 aromatic rings. The number of aliphatic carboxylic acids is 1. The van der Waals surface area contributed by atoms with Crippen LogP contribution in [-0.2, 0) is 14.3 Å². The Hall–Kier alpha value is -2.22. The summed E-state index contributed by atoms with van der Waals surface area (Å²) in [6.45, 7) is 1.89. The van der Waals surface area contributed by atoms with Gasteiger partial charge in [0.1, 0.15) is 12.3 Å². The molecule has 0 aliphatic carbocycles. The first-order chi connectivity index (χ1) is 11.4. The minimum atomic E-state index is -1.13. The van der Waals surface area contributed by atoms with Crippen molar-refractivity contribution in [1.82, 2.24) is 4.90 Å². The maximum Gasteiger partial charge on any atom is 0.323 e. The van der Waals surface area contributed by atoms with Crippen LogP contribution in [0, 0.1) is 11.6 Å². The van der Waals surface area contributed by atoms with Crippen molar-refractivity contribution in [2.75, 3.05) is 19.8 Å². The molecule has 1 atom stereocenters. The topological polar surface area (TPSA) is 76.1 Å². The zero-order valence-corrected chi connectivity index (χ0v) is 13.2. The van der Waals surface area contributed by atoms with Crippen molar-refractivity contribution in [2.24, 2.45) is 0 Å². The van der Waals surface area contributed by atoms with E-state index in [0.717, 1.165) is 12.1 Å². The molecule has 2 rings (SSSR count). The van der Waals surface area contributed by atoms with E-state index in [4.69, 9.17) is 14.6 Å². The highest BCUT2D eigenvalue weighted by Gasteiger charge is 2.31. The number of benzene rings is 1. The quantitative estimate of drug-likeness (QED) is 0.853. The van der Waals surface area contributed by atoms with E-state index in [2.05, 4.69) is 0 Å². The maximum atomic E-state index is 13.2. The molecule has 24 heavy (non-hydrogen) atoms. The van der Waals surface area contributed by atoms with Crippen LogP contribution in [0.4, 0.5) is 8.78 Å². The summed E-state index contributed by atoms with van der Waals surface area (Å²) < 4.78 is 36.7. The Morgan fingerprint density at radius 3 is 2.58 bits per heavy atom. The van der Waals surface area contributed by atoms with Gasteiger partial charge >= 0.3 is 5.97 Å². The van der Waals surface area contributed by atoms with Gasteiger partial charge in [-0.05, 0) is 31.9 Å². The van der Waals surface area contributed by atoms with Crippen molar-refractivity contribution in [3.05, 3.63) is 29.8 Å². The zero-order valence-electron chi connectivity index (χ0n) is 13.2. The second-order valence-electron chi connectivity index (χ2n) is 5.54. The lowest BCUT2D eigenvalue weighted by Gasteiger charge is -2.34. The van der Waals surface area contributed by atoms with Gasteiger partial charge in [-0.25, -0.2) is 8.78 Å². The van der Waals surface area contributed by atoms with Crippen LogP contribution in [0.2, 0.25) is 0 Å². The van der Waals surface area contributed by atoms with E-state index in [-0.39, 0.29) is 11.8 Å². The lowest BCUT2D eigenvalue weighted by atomic mass is 10.1. The molecular weight excluding hydrogens is 324 g/mol. The van der Waals surface area contributed by atoms with Crippen molar-refractivity contribution in [3.63, 3.8) is 0 Å². The Balaban J connectivity index is 2.08. The third-order valence-corrected chi connectivity index (χ3v) is 3.77. The predicted molar refractivity (Wildman–Crippen MR) is 79.6 cm³/mol.